The number of aromatic nitrogens is 3. The SMILES string of the molecule is CCOC(=O)CNCc1cc(Br)cnc1N.Nc1ncc(Br)cc1CBr.O=C1CCCc2cc(Br)cnc2N1. The van der Waals surface area contributed by atoms with Gasteiger partial charge in [0.25, 0.3) is 0 Å². The normalized spacial score (nSPS) is 12.0. The summed E-state index contributed by atoms with van der Waals surface area (Å²) in [5.41, 5.74) is 14.2. The molecule has 4 rings (SSSR count). The summed E-state index contributed by atoms with van der Waals surface area (Å²) in [6.07, 6.45) is 7.42. The predicted octanol–water partition coefficient (Wildman–Crippen LogP) is 5.52. The van der Waals surface area contributed by atoms with Gasteiger partial charge in [-0.05, 0) is 91.3 Å². The fraction of sp³-hybridized carbons (Fsp3) is 0.320. The van der Waals surface area contributed by atoms with Crippen molar-refractivity contribution in [3.63, 3.8) is 0 Å². The van der Waals surface area contributed by atoms with Gasteiger partial charge in [-0.15, -0.1) is 0 Å². The Kier molecular flexibility index (Phi) is 14.9. The summed E-state index contributed by atoms with van der Waals surface area (Å²) in [5.74, 6) is 1.54. The third kappa shape index (κ3) is 12.3. The minimum atomic E-state index is -0.274. The maximum Gasteiger partial charge on any atom is 0.319 e. The van der Waals surface area contributed by atoms with Crippen LogP contribution >= 0.6 is 63.7 Å². The van der Waals surface area contributed by atoms with Crippen molar-refractivity contribution >= 4 is 93.0 Å². The van der Waals surface area contributed by atoms with Gasteiger partial charge in [-0.2, -0.15) is 0 Å². The highest BCUT2D eigenvalue weighted by atomic mass is 79.9. The molecule has 0 saturated carbocycles. The van der Waals surface area contributed by atoms with Crippen LogP contribution in [0.4, 0.5) is 17.5 Å². The number of aryl methyl sites for hydroxylation is 1. The Morgan fingerprint density at radius 1 is 0.974 bits per heavy atom. The molecule has 4 heterocycles. The molecule has 1 aliphatic heterocycles. The lowest BCUT2D eigenvalue weighted by Gasteiger charge is -2.07. The van der Waals surface area contributed by atoms with E-state index in [2.05, 4.69) is 89.3 Å². The number of rotatable bonds is 6. The number of hydrogen-bond donors (Lipinski definition) is 4. The number of nitrogens with zero attached hydrogens (tertiary/aromatic N) is 3. The van der Waals surface area contributed by atoms with Crippen LogP contribution in [-0.2, 0) is 32.6 Å². The summed E-state index contributed by atoms with van der Waals surface area (Å²) in [4.78, 5) is 34.3. The van der Waals surface area contributed by atoms with E-state index < -0.39 is 0 Å². The van der Waals surface area contributed by atoms with E-state index in [1.165, 1.54) is 0 Å². The largest absolute Gasteiger partial charge is 0.465 e. The van der Waals surface area contributed by atoms with Crippen molar-refractivity contribution < 1.29 is 14.3 Å². The molecule has 6 N–H and O–H groups in total. The summed E-state index contributed by atoms with van der Waals surface area (Å²) in [5, 5.41) is 6.46. The van der Waals surface area contributed by atoms with Gasteiger partial charge >= 0.3 is 5.97 Å². The quantitative estimate of drug-likeness (QED) is 0.186. The van der Waals surface area contributed by atoms with Gasteiger partial charge in [0.15, 0.2) is 0 Å². The minimum Gasteiger partial charge on any atom is -0.465 e. The molecule has 39 heavy (non-hydrogen) atoms. The van der Waals surface area contributed by atoms with Crippen LogP contribution in [0.5, 0.6) is 0 Å². The van der Waals surface area contributed by atoms with Crippen molar-refractivity contribution in [3.05, 3.63) is 66.9 Å². The number of alkyl halides is 1. The van der Waals surface area contributed by atoms with E-state index in [1.807, 2.05) is 18.2 Å². The number of fused-ring (bicyclic) bond motifs is 1. The fourth-order valence-corrected chi connectivity index (χ4v) is 4.75. The van der Waals surface area contributed by atoms with Gasteiger partial charge in [-0.1, -0.05) is 15.9 Å². The molecule has 0 bridgehead atoms. The Labute approximate surface area is 261 Å². The lowest BCUT2D eigenvalue weighted by molar-refractivity contribution is -0.142. The Balaban J connectivity index is 0.000000211. The second kappa shape index (κ2) is 17.5. The number of nitrogens with one attached hydrogen (secondary N) is 2. The van der Waals surface area contributed by atoms with Crippen molar-refractivity contribution in [1.82, 2.24) is 20.3 Å². The second-order valence-electron chi connectivity index (χ2n) is 8.00. The smallest absolute Gasteiger partial charge is 0.319 e. The number of anilines is 3. The molecule has 0 spiro atoms. The first kappa shape index (κ1) is 33.1. The Hall–Kier alpha value is -2.13. The average Bonchev–Trinajstić information content (AvgIpc) is 3.08. The number of hydrogen-bond acceptors (Lipinski definition) is 9. The molecule has 1 aliphatic rings. The van der Waals surface area contributed by atoms with Crippen LogP contribution in [-0.4, -0.2) is 40.0 Å². The summed E-state index contributed by atoms with van der Waals surface area (Å²) in [7, 11) is 0. The molecular formula is C25H29Br4N7O3. The number of pyridine rings is 3. The summed E-state index contributed by atoms with van der Waals surface area (Å²) >= 11 is 13.3. The number of nitrogen functional groups attached to an aromatic ring is 2. The molecule has 14 heteroatoms. The fourth-order valence-electron chi connectivity index (χ4n) is 3.16. The molecular weight excluding hydrogens is 766 g/mol. The highest BCUT2D eigenvalue weighted by Gasteiger charge is 2.13. The second-order valence-corrected chi connectivity index (χ2v) is 11.3. The molecule has 0 saturated heterocycles. The first-order valence-corrected chi connectivity index (χ1v) is 15.3. The standard InChI is InChI=1S/C10H14BrN3O2.C9H9BrN2O.C6H6Br2N2/c1-2-16-9(15)6-13-4-7-3-8(11)5-14-10(7)12;10-7-4-6-2-1-3-8(13)12-9(6)11-5-7;7-2-4-1-5(8)3-10-6(4)9/h3,5,13H,2,4,6H2,1H3,(H2,12,14);4-5H,1-3H2,(H,11,12,13);1,3H,2H2,(H2,9,10). The van der Waals surface area contributed by atoms with Crippen molar-refractivity contribution in [3.8, 4) is 0 Å². The Bertz CT molecular complexity index is 1260. The highest BCUT2D eigenvalue weighted by Crippen LogP contribution is 2.22. The van der Waals surface area contributed by atoms with E-state index in [0.717, 1.165) is 48.3 Å². The van der Waals surface area contributed by atoms with E-state index in [1.54, 1.807) is 25.5 Å². The zero-order valence-corrected chi connectivity index (χ0v) is 27.5. The monoisotopic (exact) mass is 791 g/mol. The van der Waals surface area contributed by atoms with E-state index in [4.69, 9.17) is 16.2 Å². The zero-order chi connectivity index (χ0) is 28.8. The number of carbonyl (C=O) groups is 2. The number of nitrogens with two attached hydrogens (primary N) is 2. The van der Waals surface area contributed by atoms with Crippen molar-refractivity contribution in [1.29, 1.82) is 0 Å². The van der Waals surface area contributed by atoms with Gasteiger partial charge in [-0.25, -0.2) is 15.0 Å². The Morgan fingerprint density at radius 2 is 1.56 bits per heavy atom. The van der Waals surface area contributed by atoms with Crippen molar-refractivity contribution in [2.75, 3.05) is 29.9 Å². The lowest BCUT2D eigenvalue weighted by Crippen LogP contribution is -2.24. The van der Waals surface area contributed by atoms with Crippen LogP contribution in [0.2, 0.25) is 0 Å². The molecule has 0 radical (unpaired) electrons. The Morgan fingerprint density at radius 3 is 2.18 bits per heavy atom. The first-order valence-electron chi connectivity index (χ1n) is 11.8. The van der Waals surface area contributed by atoms with Crippen molar-refractivity contribution in [2.45, 2.75) is 38.1 Å². The van der Waals surface area contributed by atoms with Gasteiger partial charge in [0.1, 0.15) is 17.5 Å². The summed E-state index contributed by atoms with van der Waals surface area (Å²) in [6, 6.07) is 5.81. The van der Waals surface area contributed by atoms with Crippen LogP contribution in [0.3, 0.4) is 0 Å². The number of esters is 1. The van der Waals surface area contributed by atoms with Crippen LogP contribution in [0, 0.1) is 0 Å². The number of halogens is 4. The molecule has 3 aromatic heterocycles. The number of amides is 1. The van der Waals surface area contributed by atoms with Crippen LogP contribution in [0.25, 0.3) is 0 Å². The first-order chi connectivity index (χ1) is 18.6. The molecule has 0 unspecified atom stereocenters. The maximum atomic E-state index is 11.2. The predicted molar refractivity (Wildman–Crippen MR) is 167 cm³/mol. The summed E-state index contributed by atoms with van der Waals surface area (Å²) < 4.78 is 7.55. The van der Waals surface area contributed by atoms with Crippen LogP contribution < -0.4 is 22.1 Å². The van der Waals surface area contributed by atoms with E-state index in [-0.39, 0.29) is 18.4 Å². The van der Waals surface area contributed by atoms with Gasteiger partial charge in [0.05, 0.1) is 13.2 Å². The van der Waals surface area contributed by atoms with Gasteiger partial charge in [0, 0.05) is 61.4 Å². The topological polar surface area (TPSA) is 158 Å². The van der Waals surface area contributed by atoms with Gasteiger partial charge in [-0.3, -0.25) is 9.59 Å². The van der Waals surface area contributed by atoms with Crippen LogP contribution in [0.15, 0.2) is 50.2 Å². The zero-order valence-electron chi connectivity index (χ0n) is 21.1. The van der Waals surface area contributed by atoms with Gasteiger partial charge in [0.2, 0.25) is 5.91 Å². The molecule has 0 aromatic carbocycles. The highest BCUT2D eigenvalue weighted by molar-refractivity contribution is 9.11. The number of ether oxygens (including phenoxy) is 1. The van der Waals surface area contributed by atoms with Gasteiger partial charge < -0.3 is 26.8 Å². The van der Waals surface area contributed by atoms with E-state index >= 15 is 0 Å². The maximum absolute atomic E-state index is 11.2. The molecule has 1 amide bonds. The minimum absolute atomic E-state index is 0.0635. The molecule has 10 nitrogen and oxygen atoms in total. The van der Waals surface area contributed by atoms with Crippen LogP contribution in [0.1, 0.15) is 36.5 Å². The molecule has 0 aliphatic carbocycles. The molecule has 0 atom stereocenters. The third-order valence-electron chi connectivity index (χ3n) is 5.01. The third-order valence-corrected chi connectivity index (χ3v) is 6.92. The lowest BCUT2D eigenvalue weighted by atomic mass is 10.1. The average molecular weight is 795 g/mol. The number of carbonyl (C=O) groups excluding carboxylic acids is 2. The van der Waals surface area contributed by atoms with E-state index in [0.29, 0.717) is 37.0 Å². The van der Waals surface area contributed by atoms with E-state index in [9.17, 15) is 9.59 Å². The molecule has 0 fully saturated rings. The molecule has 210 valence electrons. The molecule has 3 aromatic rings. The van der Waals surface area contributed by atoms with Crippen molar-refractivity contribution in [2.24, 2.45) is 0 Å². The summed E-state index contributed by atoms with van der Waals surface area (Å²) in [6.45, 7) is 2.81.